The zero-order valence-electron chi connectivity index (χ0n) is 21.9. The van der Waals surface area contributed by atoms with Gasteiger partial charge < -0.3 is 27.1 Å². The third-order valence-corrected chi connectivity index (χ3v) is 8.87. The molecule has 1 aliphatic carbocycles. The van der Waals surface area contributed by atoms with Crippen LogP contribution in [-0.4, -0.2) is 32.5 Å². The molecule has 0 amide bonds. The fraction of sp³-hybridized carbons (Fsp3) is 0.769. The van der Waals surface area contributed by atoms with Gasteiger partial charge in [-0.1, -0.05) is 78.5 Å². The van der Waals surface area contributed by atoms with Gasteiger partial charge >= 0.3 is 17.2 Å². The van der Waals surface area contributed by atoms with Gasteiger partial charge in [0.15, 0.2) is 0 Å². The first-order valence-electron chi connectivity index (χ1n) is 12.6. The first-order chi connectivity index (χ1) is 16.0. The van der Waals surface area contributed by atoms with E-state index in [1.54, 1.807) is 0 Å². The minimum Gasteiger partial charge on any atom is -0.426 e. The van der Waals surface area contributed by atoms with Crippen LogP contribution >= 0.6 is 17.2 Å². The summed E-state index contributed by atoms with van der Waals surface area (Å²) in [5, 5.41) is 0. The van der Waals surface area contributed by atoms with Crippen LogP contribution in [0.15, 0.2) is 12.1 Å². The molecule has 0 atom stereocenters. The second-order valence-electron chi connectivity index (χ2n) is 12.2. The van der Waals surface area contributed by atoms with Crippen molar-refractivity contribution >= 4 is 17.2 Å². The molecule has 2 saturated heterocycles. The Hall–Kier alpha value is -0.320. The summed E-state index contributed by atoms with van der Waals surface area (Å²) in [6.45, 7) is 17.5. The number of aryl methyl sites for hydroxylation is 1. The topological polar surface area (TPSA) is 55.4 Å². The van der Waals surface area contributed by atoms with E-state index in [4.69, 9.17) is 27.1 Å². The fourth-order valence-corrected chi connectivity index (χ4v) is 7.24. The first kappa shape index (κ1) is 26.7. The van der Waals surface area contributed by atoms with E-state index in [2.05, 4.69) is 60.6 Å². The molecule has 0 aromatic heterocycles. The largest absolute Gasteiger partial charge is 0.426 e. The zero-order chi connectivity index (χ0) is 24.6. The molecule has 1 spiro atoms. The van der Waals surface area contributed by atoms with E-state index in [0.29, 0.717) is 26.4 Å². The van der Waals surface area contributed by atoms with Gasteiger partial charge in [0.25, 0.3) is 0 Å². The van der Waals surface area contributed by atoms with Crippen LogP contribution in [0.5, 0.6) is 5.75 Å². The van der Waals surface area contributed by atoms with Crippen molar-refractivity contribution in [3.8, 4) is 5.75 Å². The Morgan fingerprint density at radius 1 is 0.765 bits per heavy atom. The molecule has 6 nitrogen and oxygen atoms in total. The van der Waals surface area contributed by atoms with Crippen LogP contribution in [0.3, 0.4) is 0 Å². The summed E-state index contributed by atoms with van der Waals surface area (Å²) in [5.41, 5.74) is 3.18. The SMILES string of the molecule is Cc1cc(C(C)(C)C)c(OP2OCC3(CO2)COP(OC2CCCCC2)OC3)c(C(C)(C)C)c1. The summed E-state index contributed by atoms with van der Waals surface area (Å²) in [6.07, 6.45) is 6.26. The normalized spacial score (nSPS) is 29.4. The lowest BCUT2D eigenvalue weighted by atomic mass is 9.78. The summed E-state index contributed by atoms with van der Waals surface area (Å²) >= 11 is 0. The van der Waals surface area contributed by atoms with Crippen molar-refractivity contribution in [2.24, 2.45) is 5.41 Å². The van der Waals surface area contributed by atoms with E-state index >= 15 is 0 Å². The standard InChI is InChI=1S/C26H42O6P2/c1-19-13-21(24(2,3)4)23(22(14-19)25(5,6)7)32-34-29-17-26(18-30-34)15-27-33(28-16-26)31-20-11-9-8-10-12-20/h13-14,20H,8-12,15-18H2,1-7H3. The highest BCUT2D eigenvalue weighted by molar-refractivity contribution is 7.42. The Morgan fingerprint density at radius 3 is 1.71 bits per heavy atom. The monoisotopic (exact) mass is 512 g/mol. The van der Waals surface area contributed by atoms with Gasteiger partial charge in [-0.2, -0.15) is 0 Å². The second-order valence-corrected chi connectivity index (χ2v) is 14.5. The second kappa shape index (κ2) is 10.6. The van der Waals surface area contributed by atoms with E-state index in [0.717, 1.165) is 18.6 Å². The molecule has 2 heterocycles. The lowest BCUT2D eigenvalue weighted by Gasteiger charge is -2.42. The number of benzene rings is 1. The molecular formula is C26H42O6P2. The molecule has 3 fully saturated rings. The average Bonchev–Trinajstić information content (AvgIpc) is 2.77. The molecule has 34 heavy (non-hydrogen) atoms. The molecule has 1 saturated carbocycles. The van der Waals surface area contributed by atoms with Crippen LogP contribution in [0.2, 0.25) is 0 Å². The summed E-state index contributed by atoms with van der Waals surface area (Å²) in [5.74, 6) is 0.896. The Labute approximate surface area is 208 Å². The minimum absolute atomic E-state index is 0.0613. The maximum absolute atomic E-state index is 6.50. The fourth-order valence-electron chi connectivity index (χ4n) is 4.55. The third kappa shape index (κ3) is 6.51. The molecule has 1 aromatic rings. The highest BCUT2D eigenvalue weighted by Gasteiger charge is 2.45. The van der Waals surface area contributed by atoms with Gasteiger partial charge in [-0.3, -0.25) is 0 Å². The highest BCUT2D eigenvalue weighted by atomic mass is 31.2. The van der Waals surface area contributed by atoms with Crippen molar-refractivity contribution in [3.05, 3.63) is 28.8 Å². The van der Waals surface area contributed by atoms with Crippen LogP contribution < -0.4 is 4.52 Å². The molecule has 1 aromatic carbocycles. The average molecular weight is 513 g/mol. The summed E-state index contributed by atoms with van der Waals surface area (Å²) in [4.78, 5) is 0. The molecule has 192 valence electrons. The van der Waals surface area contributed by atoms with E-state index in [9.17, 15) is 0 Å². The Kier molecular flexibility index (Phi) is 8.32. The molecule has 4 rings (SSSR count). The molecular weight excluding hydrogens is 470 g/mol. The Balaban J connectivity index is 1.38. The highest BCUT2D eigenvalue weighted by Crippen LogP contribution is 2.55. The predicted molar refractivity (Wildman–Crippen MR) is 137 cm³/mol. The van der Waals surface area contributed by atoms with Gasteiger partial charge in [0.05, 0.1) is 37.9 Å². The van der Waals surface area contributed by atoms with Gasteiger partial charge in [0.2, 0.25) is 0 Å². The molecule has 0 N–H and O–H groups in total. The van der Waals surface area contributed by atoms with Crippen molar-refractivity contribution in [2.75, 3.05) is 26.4 Å². The number of hydrogen-bond donors (Lipinski definition) is 0. The van der Waals surface area contributed by atoms with Crippen molar-refractivity contribution in [1.29, 1.82) is 0 Å². The molecule has 0 radical (unpaired) electrons. The molecule has 0 unspecified atom stereocenters. The van der Waals surface area contributed by atoms with E-state index in [-0.39, 0.29) is 22.3 Å². The summed E-state index contributed by atoms with van der Waals surface area (Å²) in [6, 6.07) is 4.45. The molecule has 2 aliphatic heterocycles. The zero-order valence-corrected chi connectivity index (χ0v) is 23.7. The Bertz CT molecular complexity index is 788. The van der Waals surface area contributed by atoms with Crippen molar-refractivity contribution in [2.45, 2.75) is 97.5 Å². The first-order valence-corrected chi connectivity index (χ1v) is 14.8. The van der Waals surface area contributed by atoms with E-state index in [1.807, 2.05) is 0 Å². The maximum atomic E-state index is 6.50. The van der Waals surface area contributed by atoms with E-state index < -0.39 is 17.2 Å². The quantitative estimate of drug-likeness (QED) is 0.383. The van der Waals surface area contributed by atoms with Crippen LogP contribution in [-0.2, 0) is 33.4 Å². The number of rotatable bonds is 4. The summed E-state index contributed by atoms with van der Waals surface area (Å²) in [7, 11) is -2.77. The van der Waals surface area contributed by atoms with E-state index in [1.165, 1.54) is 36.0 Å². The van der Waals surface area contributed by atoms with Crippen molar-refractivity contribution in [1.82, 2.24) is 0 Å². The van der Waals surface area contributed by atoms with Crippen molar-refractivity contribution in [3.63, 3.8) is 0 Å². The van der Waals surface area contributed by atoms with Crippen LogP contribution in [0, 0.1) is 12.3 Å². The van der Waals surface area contributed by atoms with Crippen molar-refractivity contribution < 1.29 is 27.1 Å². The molecule has 3 aliphatic rings. The third-order valence-electron chi connectivity index (χ3n) is 6.71. The summed E-state index contributed by atoms with van der Waals surface area (Å²) < 4.78 is 36.9. The lowest BCUT2D eigenvalue weighted by molar-refractivity contribution is -0.0761. The molecule has 0 bridgehead atoms. The smallest absolute Gasteiger partial charge is 0.397 e. The van der Waals surface area contributed by atoms with Crippen LogP contribution in [0.25, 0.3) is 0 Å². The van der Waals surface area contributed by atoms with Gasteiger partial charge in [-0.15, -0.1) is 0 Å². The molecule has 8 heteroatoms. The lowest BCUT2D eigenvalue weighted by Crippen LogP contribution is -2.45. The van der Waals surface area contributed by atoms with Gasteiger partial charge in [0, 0.05) is 11.1 Å². The predicted octanol–water partition coefficient (Wildman–Crippen LogP) is 7.85. The maximum Gasteiger partial charge on any atom is 0.397 e. The van der Waals surface area contributed by atoms with Crippen LogP contribution in [0.1, 0.15) is 90.3 Å². The van der Waals surface area contributed by atoms with Gasteiger partial charge in [-0.05, 0) is 30.6 Å². The van der Waals surface area contributed by atoms with Crippen LogP contribution in [0.4, 0.5) is 0 Å². The Morgan fingerprint density at radius 2 is 1.24 bits per heavy atom. The number of hydrogen-bond acceptors (Lipinski definition) is 6. The van der Waals surface area contributed by atoms with Gasteiger partial charge in [0.1, 0.15) is 5.75 Å². The minimum atomic E-state index is -1.50. The van der Waals surface area contributed by atoms with Gasteiger partial charge in [-0.25, -0.2) is 0 Å².